The van der Waals surface area contributed by atoms with Crippen LogP contribution in [0.25, 0.3) is 22.2 Å². The third kappa shape index (κ3) is 3.53. The molecule has 1 aromatic carbocycles. The number of nitrogens with zero attached hydrogens (tertiary/aromatic N) is 3. The molecule has 4 aromatic rings. The monoisotopic (exact) mass is 472 g/mol. The number of aromatic amines is 1. The average Bonchev–Trinajstić information content (AvgIpc) is 3.51. The number of pyridine rings is 2. The number of carbonyl (C=O) groups is 1. The summed E-state index contributed by atoms with van der Waals surface area (Å²) < 4.78 is 6.33. The van der Waals surface area contributed by atoms with E-state index in [9.17, 15) is 4.79 Å². The molecule has 0 radical (unpaired) electrons. The molecule has 172 valence electrons. The molecular weight excluding hydrogens is 448 g/mol. The first-order chi connectivity index (χ1) is 16.5. The molecule has 5 heterocycles. The Morgan fingerprint density at radius 3 is 2.76 bits per heavy atom. The molecule has 34 heavy (non-hydrogen) atoms. The summed E-state index contributed by atoms with van der Waals surface area (Å²) in [6, 6.07) is 13.8. The Morgan fingerprint density at radius 1 is 1.12 bits per heavy atom. The Labute approximate surface area is 202 Å². The topological polar surface area (TPSA) is 71.1 Å². The molecule has 1 saturated heterocycles. The highest BCUT2D eigenvalue weighted by molar-refractivity contribution is 6.31. The molecule has 0 saturated carbocycles. The van der Waals surface area contributed by atoms with Gasteiger partial charge in [0.15, 0.2) is 6.10 Å². The van der Waals surface area contributed by atoms with E-state index in [0.717, 1.165) is 52.0 Å². The molecule has 1 fully saturated rings. The van der Waals surface area contributed by atoms with Crippen LogP contribution in [0.3, 0.4) is 0 Å². The molecule has 1 atom stereocenters. The first-order valence-corrected chi connectivity index (χ1v) is 12.0. The Bertz CT molecular complexity index is 1380. The average molecular weight is 473 g/mol. The maximum Gasteiger partial charge on any atom is 0.263 e. The van der Waals surface area contributed by atoms with E-state index in [1.807, 2.05) is 53.7 Å². The predicted molar refractivity (Wildman–Crippen MR) is 132 cm³/mol. The van der Waals surface area contributed by atoms with Crippen molar-refractivity contribution >= 4 is 28.5 Å². The van der Waals surface area contributed by atoms with Crippen molar-refractivity contribution in [2.75, 3.05) is 13.1 Å². The number of aromatic nitrogens is 3. The van der Waals surface area contributed by atoms with E-state index in [4.69, 9.17) is 16.3 Å². The number of fused-ring (bicyclic) bond motifs is 2. The molecule has 0 spiro atoms. The maximum absolute atomic E-state index is 13.5. The van der Waals surface area contributed by atoms with E-state index < -0.39 is 6.10 Å². The number of rotatable bonds is 3. The molecule has 0 aliphatic carbocycles. The number of H-pyrrole nitrogens is 1. The zero-order valence-electron chi connectivity index (χ0n) is 18.9. The number of amides is 1. The van der Waals surface area contributed by atoms with Crippen LogP contribution in [0, 0.1) is 0 Å². The van der Waals surface area contributed by atoms with Gasteiger partial charge in [0.25, 0.3) is 5.91 Å². The fourth-order valence-corrected chi connectivity index (χ4v) is 5.50. The summed E-state index contributed by atoms with van der Waals surface area (Å²) in [7, 11) is 0. The largest absolute Gasteiger partial charge is 0.479 e. The lowest BCUT2D eigenvalue weighted by Crippen LogP contribution is -2.48. The number of likely N-dealkylation sites (tertiary alicyclic amines) is 1. The van der Waals surface area contributed by atoms with Gasteiger partial charge in [0, 0.05) is 70.7 Å². The van der Waals surface area contributed by atoms with Crippen molar-refractivity contribution in [2.45, 2.75) is 37.7 Å². The molecule has 1 amide bonds. The van der Waals surface area contributed by atoms with Crippen molar-refractivity contribution in [1.29, 1.82) is 0 Å². The molecular formula is C27H25ClN4O2. The van der Waals surface area contributed by atoms with Crippen LogP contribution in [-0.4, -0.2) is 45.0 Å². The summed E-state index contributed by atoms with van der Waals surface area (Å²) >= 11 is 6.49. The second-order valence-electron chi connectivity index (χ2n) is 9.45. The third-order valence-corrected chi connectivity index (χ3v) is 7.50. The van der Waals surface area contributed by atoms with Crippen molar-refractivity contribution in [3.63, 3.8) is 0 Å². The zero-order chi connectivity index (χ0) is 23.3. The van der Waals surface area contributed by atoms with Gasteiger partial charge in [-0.05, 0) is 54.8 Å². The van der Waals surface area contributed by atoms with Crippen molar-refractivity contribution in [2.24, 2.45) is 0 Å². The highest BCUT2D eigenvalue weighted by atomic mass is 35.5. The molecule has 6 rings (SSSR count). The van der Waals surface area contributed by atoms with E-state index in [-0.39, 0.29) is 11.3 Å². The van der Waals surface area contributed by atoms with Gasteiger partial charge in [-0.15, -0.1) is 0 Å². The van der Waals surface area contributed by atoms with Crippen LogP contribution in [0.4, 0.5) is 0 Å². The molecule has 3 aromatic heterocycles. The van der Waals surface area contributed by atoms with Gasteiger partial charge in [-0.25, -0.2) is 4.98 Å². The molecule has 0 bridgehead atoms. The Balaban J connectivity index is 1.23. The number of hydrogen-bond donors (Lipinski definition) is 1. The van der Waals surface area contributed by atoms with Crippen LogP contribution in [0.1, 0.15) is 31.0 Å². The number of halogens is 1. The van der Waals surface area contributed by atoms with Gasteiger partial charge in [-0.2, -0.15) is 0 Å². The van der Waals surface area contributed by atoms with Crippen LogP contribution in [0.5, 0.6) is 5.75 Å². The van der Waals surface area contributed by atoms with Gasteiger partial charge in [-0.3, -0.25) is 9.78 Å². The van der Waals surface area contributed by atoms with Crippen LogP contribution >= 0.6 is 11.6 Å². The Hall–Kier alpha value is -3.38. The smallest absolute Gasteiger partial charge is 0.263 e. The number of carbonyl (C=O) groups excluding carboxylic acids is 1. The maximum atomic E-state index is 13.5. The number of ether oxygens (including phenoxy) is 1. The van der Waals surface area contributed by atoms with E-state index in [1.54, 1.807) is 6.20 Å². The van der Waals surface area contributed by atoms with Crippen LogP contribution in [0.15, 0.2) is 61.1 Å². The van der Waals surface area contributed by atoms with Gasteiger partial charge >= 0.3 is 0 Å². The van der Waals surface area contributed by atoms with Gasteiger partial charge in [-0.1, -0.05) is 24.6 Å². The van der Waals surface area contributed by atoms with Crippen LogP contribution in [0.2, 0.25) is 5.02 Å². The minimum atomic E-state index is -0.532. The fourth-order valence-electron chi connectivity index (χ4n) is 5.26. The summed E-state index contributed by atoms with van der Waals surface area (Å²) in [4.78, 5) is 27.5. The van der Waals surface area contributed by atoms with Crippen LogP contribution in [-0.2, 0) is 16.6 Å². The number of nitrogens with one attached hydrogen (secondary N) is 1. The van der Waals surface area contributed by atoms with Gasteiger partial charge < -0.3 is 14.6 Å². The summed E-state index contributed by atoms with van der Waals surface area (Å²) in [6.45, 7) is 3.64. The van der Waals surface area contributed by atoms with Gasteiger partial charge in [0.2, 0.25) is 0 Å². The fraction of sp³-hybridized carbons (Fsp3) is 0.296. The standard InChI is InChI=1S/C27H25ClN4O2/c1-27(23-4-2-3-9-29-23)7-12-32(13-8-27)26(33)22-15-17-14-18(28)16-21(24(17)34-22)19-5-10-30-25-20(19)6-11-31-25/h2-6,9-11,14,16,22H,7-8,12-13,15H2,1H3,(H,30,31). The summed E-state index contributed by atoms with van der Waals surface area (Å²) in [5, 5.41) is 1.63. The molecule has 2 aliphatic rings. The van der Waals surface area contributed by atoms with Crippen molar-refractivity contribution < 1.29 is 9.53 Å². The van der Waals surface area contributed by atoms with E-state index in [1.165, 1.54) is 0 Å². The first-order valence-electron chi connectivity index (χ1n) is 11.6. The highest BCUT2D eigenvalue weighted by Crippen LogP contribution is 2.43. The lowest BCUT2D eigenvalue weighted by Gasteiger charge is -2.39. The van der Waals surface area contributed by atoms with Crippen LogP contribution < -0.4 is 4.74 Å². The first kappa shape index (κ1) is 21.2. The number of benzene rings is 1. The number of hydrogen-bond acceptors (Lipinski definition) is 4. The van der Waals surface area contributed by atoms with E-state index in [0.29, 0.717) is 24.5 Å². The lowest BCUT2D eigenvalue weighted by molar-refractivity contribution is -0.139. The zero-order valence-corrected chi connectivity index (χ0v) is 19.7. The SMILES string of the molecule is CC1(c2ccccn2)CCN(C(=O)C2Cc3cc(Cl)cc(-c4ccnc5[nH]ccc45)c3O2)CC1. The minimum Gasteiger partial charge on any atom is -0.479 e. The van der Waals surface area contributed by atoms with E-state index >= 15 is 0 Å². The van der Waals surface area contributed by atoms with Crippen molar-refractivity contribution in [1.82, 2.24) is 19.9 Å². The Kier molecular flexibility index (Phi) is 5.06. The van der Waals surface area contributed by atoms with Crippen molar-refractivity contribution in [3.05, 3.63) is 77.3 Å². The second-order valence-corrected chi connectivity index (χ2v) is 9.89. The highest BCUT2D eigenvalue weighted by Gasteiger charge is 2.39. The predicted octanol–water partition coefficient (Wildman–Crippen LogP) is 5.16. The lowest BCUT2D eigenvalue weighted by atomic mass is 9.77. The Morgan fingerprint density at radius 2 is 1.97 bits per heavy atom. The third-order valence-electron chi connectivity index (χ3n) is 7.28. The molecule has 6 nitrogen and oxygen atoms in total. The number of piperidine rings is 1. The molecule has 1 unspecified atom stereocenters. The quantitative estimate of drug-likeness (QED) is 0.447. The van der Waals surface area contributed by atoms with E-state index in [2.05, 4.69) is 27.9 Å². The van der Waals surface area contributed by atoms with Crippen molar-refractivity contribution in [3.8, 4) is 16.9 Å². The molecule has 7 heteroatoms. The normalized spacial score (nSPS) is 19.1. The van der Waals surface area contributed by atoms with Gasteiger partial charge in [0.1, 0.15) is 11.4 Å². The molecule has 2 aliphatic heterocycles. The minimum absolute atomic E-state index is 0.0124. The molecule has 1 N–H and O–H groups in total. The van der Waals surface area contributed by atoms with Gasteiger partial charge in [0.05, 0.1) is 0 Å². The summed E-state index contributed by atoms with van der Waals surface area (Å²) in [5.41, 5.74) is 4.74. The second kappa shape index (κ2) is 8.13. The summed E-state index contributed by atoms with van der Waals surface area (Å²) in [6.07, 6.45) is 7.24. The summed E-state index contributed by atoms with van der Waals surface area (Å²) in [5.74, 6) is 0.787.